The van der Waals surface area contributed by atoms with Crippen LogP contribution in [-0.2, 0) is 0 Å². The van der Waals surface area contributed by atoms with Crippen molar-refractivity contribution in [2.24, 2.45) is 11.8 Å². The molecule has 0 aromatic rings. The maximum Gasteiger partial charge on any atom is 0.0428 e. The fraction of sp³-hybridized carbons (Fsp3) is 1.00. The summed E-state index contributed by atoms with van der Waals surface area (Å²) in [5.41, 5.74) is 0. The van der Waals surface area contributed by atoms with Crippen LogP contribution in [0, 0.1) is 11.8 Å². The first-order valence-corrected chi connectivity index (χ1v) is 7.98. The van der Waals surface area contributed by atoms with Crippen molar-refractivity contribution in [1.29, 1.82) is 0 Å². The van der Waals surface area contributed by atoms with E-state index in [1.54, 1.807) is 0 Å². The molecular formula is C17H42O. The van der Waals surface area contributed by atoms with Gasteiger partial charge in [-0.3, -0.25) is 0 Å². The van der Waals surface area contributed by atoms with Gasteiger partial charge >= 0.3 is 0 Å². The summed E-state index contributed by atoms with van der Waals surface area (Å²) in [6.07, 6.45) is 6.14. The molecule has 1 heteroatoms. The molecule has 1 N–H and O–H groups in total. The predicted molar refractivity (Wildman–Crippen MR) is 88.2 cm³/mol. The summed E-state index contributed by atoms with van der Waals surface area (Å²) in [6.45, 7) is 19.9. The third kappa shape index (κ3) is 101. The van der Waals surface area contributed by atoms with Gasteiger partial charge in [-0.15, -0.1) is 0 Å². The van der Waals surface area contributed by atoms with Crippen molar-refractivity contribution in [1.82, 2.24) is 0 Å². The Balaban J connectivity index is -0.0000000750. The Kier molecular flexibility index (Phi) is 44.5. The predicted octanol–water partition coefficient (Wildman–Crippen LogP) is 6.30. The summed E-state index contributed by atoms with van der Waals surface area (Å²) < 4.78 is 0. The van der Waals surface area contributed by atoms with Gasteiger partial charge in [0.05, 0.1) is 0 Å². The van der Waals surface area contributed by atoms with Crippen LogP contribution in [0.5, 0.6) is 0 Å². The molecule has 0 radical (unpaired) electrons. The minimum atomic E-state index is 0.319. The molecule has 0 aliphatic rings. The van der Waals surface area contributed by atoms with E-state index in [2.05, 4.69) is 55.4 Å². The molecule has 0 fully saturated rings. The van der Waals surface area contributed by atoms with Gasteiger partial charge in [-0.1, -0.05) is 88.0 Å². The van der Waals surface area contributed by atoms with Crippen LogP contribution in [0.25, 0.3) is 0 Å². The Bertz CT molecular complexity index is 85.6. The quantitative estimate of drug-likeness (QED) is 0.630. The van der Waals surface area contributed by atoms with Crippen LogP contribution >= 0.6 is 0 Å². The van der Waals surface area contributed by atoms with Gasteiger partial charge in [0, 0.05) is 6.61 Å². The van der Waals surface area contributed by atoms with Crippen LogP contribution in [-0.4, -0.2) is 11.7 Å². The largest absolute Gasteiger partial charge is 0.396 e. The molecule has 0 aromatic heterocycles. The molecule has 0 amide bonds. The summed E-state index contributed by atoms with van der Waals surface area (Å²) in [5, 5.41) is 7.88. The van der Waals surface area contributed by atoms with Crippen molar-refractivity contribution in [3.63, 3.8) is 0 Å². The Hall–Kier alpha value is -0.0400. The zero-order valence-corrected chi connectivity index (χ0v) is 14.8. The molecule has 0 rings (SSSR count). The molecule has 0 saturated heterocycles. The van der Waals surface area contributed by atoms with E-state index >= 15 is 0 Å². The Morgan fingerprint density at radius 2 is 1.00 bits per heavy atom. The Labute approximate surface area is 118 Å². The lowest BCUT2D eigenvalue weighted by molar-refractivity contribution is 0.295. The van der Waals surface area contributed by atoms with Crippen molar-refractivity contribution >= 4 is 0 Å². The lowest BCUT2D eigenvalue weighted by atomic mass is 10.1. The first kappa shape index (κ1) is 26.5. The number of rotatable bonds is 4. The zero-order valence-electron chi connectivity index (χ0n) is 14.8. The van der Waals surface area contributed by atoms with Crippen molar-refractivity contribution < 1.29 is 5.11 Å². The first-order chi connectivity index (χ1) is 8.37. The van der Waals surface area contributed by atoms with Crippen molar-refractivity contribution in [3.8, 4) is 0 Å². The lowest BCUT2D eigenvalue weighted by Crippen LogP contribution is -1.81. The van der Waals surface area contributed by atoms with E-state index in [0.29, 0.717) is 6.61 Å². The molecule has 116 valence electrons. The number of hydrogen-bond donors (Lipinski definition) is 1. The van der Waals surface area contributed by atoms with E-state index in [9.17, 15) is 0 Å². The van der Waals surface area contributed by atoms with Gasteiger partial charge < -0.3 is 5.11 Å². The second kappa shape index (κ2) is 30.2. The summed E-state index contributed by atoms with van der Waals surface area (Å²) in [4.78, 5) is 0. The highest BCUT2D eigenvalue weighted by Crippen LogP contribution is 2.00. The van der Waals surface area contributed by atoms with Crippen molar-refractivity contribution in [3.05, 3.63) is 0 Å². The van der Waals surface area contributed by atoms with Crippen LogP contribution in [0.1, 0.15) is 94.4 Å². The van der Waals surface area contributed by atoms with E-state index in [0.717, 1.165) is 18.3 Å². The zero-order chi connectivity index (χ0) is 15.4. The highest BCUT2D eigenvalue weighted by Gasteiger charge is 1.85. The molecule has 0 saturated carbocycles. The van der Waals surface area contributed by atoms with Gasteiger partial charge in [0.25, 0.3) is 0 Å². The molecule has 0 aliphatic carbocycles. The molecule has 18 heavy (non-hydrogen) atoms. The average molecular weight is 263 g/mol. The fourth-order valence-electron chi connectivity index (χ4n) is 0.577. The molecule has 0 aliphatic heterocycles. The molecule has 0 atom stereocenters. The second-order valence-corrected chi connectivity index (χ2v) is 5.42. The number of hydrogen-bond acceptors (Lipinski definition) is 1. The third-order valence-electron chi connectivity index (χ3n) is 1.91. The summed E-state index contributed by atoms with van der Waals surface area (Å²) >= 11 is 0. The molecular weight excluding hydrogens is 220 g/mol. The van der Waals surface area contributed by atoms with Gasteiger partial charge in [0.1, 0.15) is 0 Å². The van der Waals surface area contributed by atoms with Crippen LogP contribution in [0.15, 0.2) is 0 Å². The monoisotopic (exact) mass is 262 g/mol. The Morgan fingerprint density at radius 1 is 0.722 bits per heavy atom. The van der Waals surface area contributed by atoms with E-state index < -0.39 is 0 Å². The minimum absolute atomic E-state index is 0.319. The van der Waals surface area contributed by atoms with Crippen LogP contribution < -0.4 is 0 Å². The molecule has 1 nitrogen and oxygen atoms in total. The van der Waals surface area contributed by atoms with Gasteiger partial charge in [-0.25, -0.2) is 0 Å². The first-order valence-electron chi connectivity index (χ1n) is 7.98. The highest BCUT2D eigenvalue weighted by molar-refractivity contribution is 4.38. The van der Waals surface area contributed by atoms with Gasteiger partial charge in [-0.2, -0.15) is 0 Å². The maximum absolute atomic E-state index is 7.88. The SMILES string of the molecule is CCC.CCC(C)C.CCCC(C)C.CCCO. The molecule has 0 unspecified atom stereocenters. The van der Waals surface area contributed by atoms with Crippen LogP contribution in [0.3, 0.4) is 0 Å². The minimum Gasteiger partial charge on any atom is -0.396 e. The van der Waals surface area contributed by atoms with Crippen molar-refractivity contribution in [2.75, 3.05) is 6.61 Å². The van der Waals surface area contributed by atoms with Crippen molar-refractivity contribution in [2.45, 2.75) is 94.4 Å². The third-order valence-corrected chi connectivity index (χ3v) is 1.91. The summed E-state index contributed by atoms with van der Waals surface area (Å²) in [7, 11) is 0. The summed E-state index contributed by atoms with van der Waals surface area (Å²) in [5.74, 6) is 1.78. The number of aliphatic hydroxyl groups is 1. The van der Waals surface area contributed by atoms with E-state index in [-0.39, 0.29) is 0 Å². The Morgan fingerprint density at radius 3 is 1.00 bits per heavy atom. The summed E-state index contributed by atoms with van der Waals surface area (Å²) in [6, 6.07) is 0. The van der Waals surface area contributed by atoms with E-state index in [1.807, 2.05) is 6.92 Å². The highest BCUT2D eigenvalue weighted by atomic mass is 16.2. The second-order valence-electron chi connectivity index (χ2n) is 5.42. The van der Waals surface area contributed by atoms with Crippen LogP contribution in [0.2, 0.25) is 0 Å². The topological polar surface area (TPSA) is 20.2 Å². The fourth-order valence-corrected chi connectivity index (χ4v) is 0.577. The number of aliphatic hydroxyl groups excluding tert-OH is 1. The van der Waals surface area contributed by atoms with E-state index in [1.165, 1.54) is 25.7 Å². The molecule has 0 bridgehead atoms. The van der Waals surface area contributed by atoms with Crippen LogP contribution in [0.4, 0.5) is 0 Å². The van der Waals surface area contributed by atoms with Gasteiger partial charge in [-0.05, 0) is 18.3 Å². The maximum atomic E-state index is 7.88. The molecule has 0 spiro atoms. The van der Waals surface area contributed by atoms with Gasteiger partial charge in [0.2, 0.25) is 0 Å². The smallest absolute Gasteiger partial charge is 0.0428 e. The average Bonchev–Trinajstić information content (AvgIpc) is 2.31. The normalized spacial score (nSPS) is 8.67. The molecule has 0 heterocycles. The van der Waals surface area contributed by atoms with Gasteiger partial charge in [0.15, 0.2) is 0 Å². The molecule has 0 aromatic carbocycles. The lowest BCUT2D eigenvalue weighted by Gasteiger charge is -1.95. The standard InChI is InChI=1S/C6H14.C5H12.C3H8O.C3H8/c1-4-5-6(2)3;1-4-5(2)3;1-2-3-4;1-3-2/h6H,4-5H2,1-3H3;5H,4H2,1-3H3;4H,2-3H2,1H3;3H2,1-2H3. The van der Waals surface area contributed by atoms with E-state index in [4.69, 9.17) is 5.11 Å².